The number of aryl methyl sites for hydroxylation is 3. The van der Waals surface area contributed by atoms with E-state index in [0.29, 0.717) is 0 Å². The molecule has 0 fully saturated rings. The van der Waals surface area contributed by atoms with Crippen molar-refractivity contribution in [3.63, 3.8) is 0 Å². The summed E-state index contributed by atoms with van der Waals surface area (Å²) in [5.74, 6) is 0. The summed E-state index contributed by atoms with van der Waals surface area (Å²) in [6, 6.07) is 4.34. The topological polar surface area (TPSA) is 26.0 Å². The maximum Gasteiger partial charge on any atom is 0.0566 e. The normalized spacial score (nSPS) is 14.9. The van der Waals surface area contributed by atoms with Gasteiger partial charge in [-0.2, -0.15) is 0 Å². The quantitative estimate of drug-likeness (QED) is 0.711. The zero-order chi connectivity index (χ0) is 10.9. The molecule has 0 aliphatic heterocycles. The average molecular weight is 189 g/mol. The standard InChI is InChI=1S/C13H19N/c1-6-13(5,14)12-8-10(3)9(2)7-11(12)4/h6-8H,1,14H2,2-5H3/t13-/m1/s1. The van der Waals surface area contributed by atoms with Gasteiger partial charge in [0.1, 0.15) is 0 Å². The lowest BCUT2D eigenvalue weighted by molar-refractivity contribution is 0.626. The second-order valence-corrected chi connectivity index (χ2v) is 4.24. The second kappa shape index (κ2) is 3.58. The predicted octanol–water partition coefficient (Wildman–Crippen LogP) is 2.97. The zero-order valence-electron chi connectivity index (χ0n) is 9.52. The highest BCUT2D eigenvalue weighted by Crippen LogP contribution is 2.25. The first-order chi connectivity index (χ1) is 6.38. The van der Waals surface area contributed by atoms with E-state index in [9.17, 15) is 0 Å². The van der Waals surface area contributed by atoms with Gasteiger partial charge in [0, 0.05) is 0 Å². The van der Waals surface area contributed by atoms with Crippen molar-refractivity contribution in [2.24, 2.45) is 5.73 Å². The molecule has 1 aromatic rings. The zero-order valence-corrected chi connectivity index (χ0v) is 9.52. The van der Waals surface area contributed by atoms with Crippen LogP contribution in [0.4, 0.5) is 0 Å². The monoisotopic (exact) mass is 189 g/mol. The van der Waals surface area contributed by atoms with Crippen LogP contribution >= 0.6 is 0 Å². The Kier molecular flexibility index (Phi) is 2.81. The Morgan fingerprint density at radius 1 is 1.14 bits per heavy atom. The maximum absolute atomic E-state index is 6.14. The Morgan fingerprint density at radius 3 is 2.14 bits per heavy atom. The Hall–Kier alpha value is -1.08. The molecule has 0 spiro atoms. The summed E-state index contributed by atoms with van der Waals surface area (Å²) in [4.78, 5) is 0. The third kappa shape index (κ3) is 1.88. The van der Waals surface area contributed by atoms with Gasteiger partial charge in [-0.1, -0.05) is 18.2 Å². The number of rotatable bonds is 2. The van der Waals surface area contributed by atoms with Crippen molar-refractivity contribution in [2.75, 3.05) is 0 Å². The summed E-state index contributed by atoms with van der Waals surface area (Å²) in [6.45, 7) is 12.1. The lowest BCUT2D eigenvalue weighted by Gasteiger charge is -2.24. The number of benzene rings is 1. The Balaban J connectivity index is 3.36. The largest absolute Gasteiger partial charge is 0.318 e. The van der Waals surface area contributed by atoms with Gasteiger partial charge in [0.05, 0.1) is 5.54 Å². The molecule has 1 aromatic carbocycles. The van der Waals surface area contributed by atoms with Crippen LogP contribution in [0, 0.1) is 20.8 Å². The van der Waals surface area contributed by atoms with E-state index in [4.69, 9.17) is 5.73 Å². The van der Waals surface area contributed by atoms with E-state index >= 15 is 0 Å². The highest BCUT2D eigenvalue weighted by atomic mass is 14.7. The molecule has 2 N–H and O–H groups in total. The smallest absolute Gasteiger partial charge is 0.0566 e. The number of nitrogens with two attached hydrogens (primary N) is 1. The summed E-state index contributed by atoms with van der Waals surface area (Å²) in [6.07, 6.45) is 1.80. The lowest BCUT2D eigenvalue weighted by Crippen LogP contribution is -2.31. The molecule has 0 bridgehead atoms. The fraction of sp³-hybridized carbons (Fsp3) is 0.385. The first-order valence-electron chi connectivity index (χ1n) is 4.89. The highest BCUT2D eigenvalue weighted by Gasteiger charge is 2.19. The van der Waals surface area contributed by atoms with Gasteiger partial charge in [-0.15, -0.1) is 6.58 Å². The number of hydrogen-bond acceptors (Lipinski definition) is 1. The second-order valence-electron chi connectivity index (χ2n) is 4.24. The summed E-state index contributed by atoms with van der Waals surface area (Å²) < 4.78 is 0. The van der Waals surface area contributed by atoms with Crippen molar-refractivity contribution in [1.29, 1.82) is 0 Å². The van der Waals surface area contributed by atoms with Crippen molar-refractivity contribution in [3.05, 3.63) is 47.0 Å². The minimum absolute atomic E-state index is 0.428. The van der Waals surface area contributed by atoms with Crippen molar-refractivity contribution in [1.82, 2.24) is 0 Å². The molecule has 1 rings (SSSR count). The number of hydrogen-bond donors (Lipinski definition) is 1. The van der Waals surface area contributed by atoms with E-state index < -0.39 is 5.54 Å². The molecule has 76 valence electrons. The van der Waals surface area contributed by atoms with Crippen LogP contribution in [0.5, 0.6) is 0 Å². The highest BCUT2D eigenvalue weighted by molar-refractivity contribution is 5.41. The van der Waals surface area contributed by atoms with Gasteiger partial charge in [-0.05, 0) is 49.9 Å². The van der Waals surface area contributed by atoms with Crippen LogP contribution in [-0.4, -0.2) is 0 Å². The summed E-state index contributed by atoms with van der Waals surface area (Å²) in [5.41, 5.74) is 10.7. The molecule has 0 amide bonds. The molecular formula is C13H19N. The van der Waals surface area contributed by atoms with Gasteiger partial charge in [-0.3, -0.25) is 0 Å². The summed E-state index contributed by atoms with van der Waals surface area (Å²) in [7, 11) is 0. The fourth-order valence-corrected chi connectivity index (χ4v) is 1.65. The van der Waals surface area contributed by atoms with Gasteiger partial charge in [0.25, 0.3) is 0 Å². The minimum atomic E-state index is -0.428. The molecule has 0 radical (unpaired) electrons. The van der Waals surface area contributed by atoms with Gasteiger partial charge in [0.15, 0.2) is 0 Å². The molecule has 1 nitrogen and oxygen atoms in total. The van der Waals surface area contributed by atoms with E-state index in [1.165, 1.54) is 16.7 Å². The van der Waals surface area contributed by atoms with E-state index in [1.54, 1.807) is 6.08 Å². The molecule has 0 aromatic heterocycles. The lowest BCUT2D eigenvalue weighted by atomic mass is 9.87. The molecule has 0 heterocycles. The van der Waals surface area contributed by atoms with Crippen LogP contribution in [0.15, 0.2) is 24.8 Å². The van der Waals surface area contributed by atoms with Crippen LogP contribution < -0.4 is 5.73 Å². The molecular weight excluding hydrogens is 170 g/mol. The Bertz CT molecular complexity index is 362. The molecule has 0 saturated heterocycles. The van der Waals surface area contributed by atoms with E-state index in [-0.39, 0.29) is 0 Å². The van der Waals surface area contributed by atoms with E-state index in [2.05, 4.69) is 39.5 Å². The van der Waals surface area contributed by atoms with Crippen molar-refractivity contribution in [3.8, 4) is 0 Å². The van der Waals surface area contributed by atoms with Gasteiger partial charge < -0.3 is 5.73 Å². The third-order valence-electron chi connectivity index (χ3n) is 2.85. The molecule has 0 aliphatic rings. The van der Waals surface area contributed by atoms with Crippen molar-refractivity contribution in [2.45, 2.75) is 33.2 Å². The predicted molar refractivity (Wildman–Crippen MR) is 62.4 cm³/mol. The van der Waals surface area contributed by atoms with Crippen molar-refractivity contribution >= 4 is 0 Å². The van der Waals surface area contributed by atoms with Crippen LogP contribution in [0.25, 0.3) is 0 Å². The van der Waals surface area contributed by atoms with Gasteiger partial charge >= 0.3 is 0 Å². The Labute approximate surface area is 86.6 Å². The molecule has 1 heteroatoms. The minimum Gasteiger partial charge on any atom is -0.318 e. The molecule has 14 heavy (non-hydrogen) atoms. The van der Waals surface area contributed by atoms with Crippen LogP contribution in [0.1, 0.15) is 29.2 Å². The van der Waals surface area contributed by atoms with Gasteiger partial charge in [-0.25, -0.2) is 0 Å². The Morgan fingerprint density at radius 2 is 1.64 bits per heavy atom. The average Bonchev–Trinajstić information content (AvgIpc) is 2.11. The summed E-state index contributed by atoms with van der Waals surface area (Å²) >= 11 is 0. The molecule has 0 aliphatic carbocycles. The summed E-state index contributed by atoms with van der Waals surface area (Å²) in [5, 5.41) is 0. The van der Waals surface area contributed by atoms with E-state index in [1.807, 2.05) is 6.92 Å². The van der Waals surface area contributed by atoms with Crippen LogP contribution in [0.3, 0.4) is 0 Å². The van der Waals surface area contributed by atoms with Gasteiger partial charge in [0.2, 0.25) is 0 Å². The first kappa shape index (κ1) is 11.0. The first-order valence-corrected chi connectivity index (χ1v) is 4.89. The molecule has 1 atom stereocenters. The fourth-order valence-electron chi connectivity index (χ4n) is 1.65. The molecule has 0 saturated carbocycles. The van der Waals surface area contributed by atoms with Crippen molar-refractivity contribution < 1.29 is 0 Å². The third-order valence-corrected chi connectivity index (χ3v) is 2.85. The van der Waals surface area contributed by atoms with E-state index in [0.717, 1.165) is 5.56 Å². The van der Waals surface area contributed by atoms with Crippen LogP contribution in [-0.2, 0) is 5.54 Å². The maximum atomic E-state index is 6.14. The SMILES string of the molecule is C=C[C@@](C)(N)c1cc(C)c(C)cc1C. The van der Waals surface area contributed by atoms with Crippen LogP contribution in [0.2, 0.25) is 0 Å². The molecule has 0 unspecified atom stereocenters.